The quantitative estimate of drug-likeness (QED) is 0.633. The van der Waals surface area contributed by atoms with E-state index in [4.69, 9.17) is 14.2 Å². The summed E-state index contributed by atoms with van der Waals surface area (Å²) in [6, 6.07) is 8.41. The van der Waals surface area contributed by atoms with Crippen LogP contribution in [0.2, 0.25) is 0 Å². The molecular weight excluding hydrogens is 254 g/mol. The molecular formula is C16H27NO3. The third kappa shape index (κ3) is 6.37. The number of rotatable bonds is 11. The molecule has 1 aromatic carbocycles. The minimum absolute atomic E-state index is 0.206. The Morgan fingerprint density at radius 1 is 1.10 bits per heavy atom. The van der Waals surface area contributed by atoms with Crippen molar-refractivity contribution in [3.05, 3.63) is 29.8 Å². The van der Waals surface area contributed by atoms with Crippen molar-refractivity contribution >= 4 is 0 Å². The first-order chi connectivity index (χ1) is 9.81. The molecule has 0 aromatic heterocycles. The molecule has 1 aromatic rings. The predicted octanol–water partition coefficient (Wildman–Crippen LogP) is 2.79. The van der Waals surface area contributed by atoms with Gasteiger partial charge in [0.25, 0.3) is 0 Å². The smallest absolute Gasteiger partial charge is 0.119 e. The van der Waals surface area contributed by atoms with Gasteiger partial charge in [-0.2, -0.15) is 0 Å². The lowest BCUT2D eigenvalue weighted by atomic mass is 10.1. The molecule has 0 radical (unpaired) electrons. The van der Waals surface area contributed by atoms with Crippen molar-refractivity contribution in [3.8, 4) is 5.75 Å². The van der Waals surface area contributed by atoms with Crippen molar-refractivity contribution in [2.24, 2.45) is 0 Å². The number of nitrogens with one attached hydrogen (secondary N) is 1. The van der Waals surface area contributed by atoms with Crippen molar-refractivity contribution in [1.29, 1.82) is 0 Å². The fraction of sp³-hybridized carbons (Fsp3) is 0.625. The van der Waals surface area contributed by atoms with Gasteiger partial charge in [0.1, 0.15) is 5.75 Å². The van der Waals surface area contributed by atoms with Crippen molar-refractivity contribution < 1.29 is 14.2 Å². The van der Waals surface area contributed by atoms with Gasteiger partial charge in [0, 0.05) is 20.3 Å². The Morgan fingerprint density at radius 3 is 2.45 bits per heavy atom. The van der Waals surface area contributed by atoms with E-state index in [2.05, 4.69) is 24.4 Å². The molecule has 20 heavy (non-hydrogen) atoms. The van der Waals surface area contributed by atoms with Gasteiger partial charge in [-0.3, -0.25) is 0 Å². The first-order valence-electron chi connectivity index (χ1n) is 7.28. The molecule has 1 N–H and O–H groups in total. The van der Waals surface area contributed by atoms with Gasteiger partial charge >= 0.3 is 0 Å². The summed E-state index contributed by atoms with van der Waals surface area (Å²) in [6.07, 6.45) is 1.95. The average Bonchev–Trinajstić information content (AvgIpc) is 2.49. The second kappa shape index (κ2) is 10.7. The molecule has 114 valence electrons. The molecule has 0 saturated carbocycles. The van der Waals surface area contributed by atoms with Gasteiger partial charge in [-0.25, -0.2) is 0 Å². The van der Waals surface area contributed by atoms with E-state index in [1.165, 1.54) is 5.56 Å². The second-order valence-corrected chi connectivity index (χ2v) is 4.68. The molecule has 0 heterocycles. The summed E-state index contributed by atoms with van der Waals surface area (Å²) < 4.78 is 16.2. The van der Waals surface area contributed by atoms with Gasteiger partial charge in [-0.1, -0.05) is 19.1 Å². The van der Waals surface area contributed by atoms with E-state index < -0.39 is 0 Å². The largest absolute Gasteiger partial charge is 0.494 e. The monoisotopic (exact) mass is 281 g/mol. The van der Waals surface area contributed by atoms with Crippen LogP contribution < -0.4 is 10.1 Å². The molecule has 0 aliphatic carbocycles. The SMILES string of the molecule is CCCOc1ccc(C(COCCCOC)NC)cc1. The van der Waals surface area contributed by atoms with Gasteiger partial charge in [0.15, 0.2) is 0 Å². The van der Waals surface area contributed by atoms with E-state index in [0.717, 1.165) is 38.4 Å². The van der Waals surface area contributed by atoms with Crippen LogP contribution in [0.15, 0.2) is 24.3 Å². The Bertz CT molecular complexity index is 340. The van der Waals surface area contributed by atoms with Gasteiger partial charge in [0.2, 0.25) is 0 Å². The van der Waals surface area contributed by atoms with Crippen LogP contribution in [0.5, 0.6) is 5.75 Å². The summed E-state index contributed by atoms with van der Waals surface area (Å²) in [6.45, 7) is 5.00. The molecule has 0 aliphatic heterocycles. The first-order valence-corrected chi connectivity index (χ1v) is 7.28. The Hall–Kier alpha value is -1.10. The summed E-state index contributed by atoms with van der Waals surface area (Å²) in [5.41, 5.74) is 1.21. The zero-order chi connectivity index (χ0) is 14.6. The number of likely N-dealkylation sites (N-methyl/N-ethyl adjacent to an activating group) is 1. The summed E-state index contributed by atoms with van der Waals surface area (Å²) in [5, 5.41) is 3.27. The lowest BCUT2D eigenvalue weighted by Crippen LogP contribution is -2.22. The average molecular weight is 281 g/mol. The van der Waals surface area contributed by atoms with Gasteiger partial charge in [-0.05, 0) is 37.6 Å². The highest BCUT2D eigenvalue weighted by atomic mass is 16.5. The second-order valence-electron chi connectivity index (χ2n) is 4.68. The molecule has 1 unspecified atom stereocenters. The minimum atomic E-state index is 0.206. The van der Waals surface area contributed by atoms with E-state index in [0.29, 0.717) is 6.61 Å². The maximum Gasteiger partial charge on any atom is 0.119 e. The van der Waals surface area contributed by atoms with Crippen molar-refractivity contribution in [1.82, 2.24) is 5.32 Å². The molecule has 0 saturated heterocycles. The van der Waals surface area contributed by atoms with E-state index in [9.17, 15) is 0 Å². The van der Waals surface area contributed by atoms with Crippen LogP contribution in [0.3, 0.4) is 0 Å². The number of benzene rings is 1. The topological polar surface area (TPSA) is 39.7 Å². The number of hydrogen-bond acceptors (Lipinski definition) is 4. The number of ether oxygens (including phenoxy) is 3. The molecule has 1 rings (SSSR count). The van der Waals surface area contributed by atoms with Gasteiger partial charge in [-0.15, -0.1) is 0 Å². The summed E-state index contributed by atoms with van der Waals surface area (Å²) in [5.74, 6) is 0.923. The lowest BCUT2D eigenvalue weighted by molar-refractivity contribution is 0.0889. The lowest BCUT2D eigenvalue weighted by Gasteiger charge is -2.17. The standard InChI is InChI=1S/C16H27NO3/c1-4-10-20-15-8-6-14(7-9-15)16(17-2)13-19-12-5-11-18-3/h6-9,16-17H,4-5,10-13H2,1-3H3. The van der Waals surface area contributed by atoms with Crippen LogP contribution in [0.4, 0.5) is 0 Å². The molecule has 0 bridgehead atoms. The van der Waals surface area contributed by atoms with Crippen LogP contribution in [-0.4, -0.2) is 40.6 Å². The first kappa shape index (κ1) is 17.0. The molecule has 0 aliphatic rings. The molecule has 4 nitrogen and oxygen atoms in total. The Morgan fingerprint density at radius 2 is 1.85 bits per heavy atom. The highest BCUT2D eigenvalue weighted by molar-refractivity contribution is 5.29. The van der Waals surface area contributed by atoms with Gasteiger partial charge < -0.3 is 19.5 Å². The van der Waals surface area contributed by atoms with Crippen molar-refractivity contribution in [2.45, 2.75) is 25.8 Å². The van der Waals surface area contributed by atoms with Crippen LogP contribution in [-0.2, 0) is 9.47 Å². The van der Waals surface area contributed by atoms with Crippen LogP contribution in [0.1, 0.15) is 31.4 Å². The normalized spacial score (nSPS) is 12.3. The third-order valence-corrected chi connectivity index (χ3v) is 3.03. The third-order valence-electron chi connectivity index (χ3n) is 3.03. The Balaban J connectivity index is 2.40. The Kier molecular flexibility index (Phi) is 9.04. The van der Waals surface area contributed by atoms with Crippen molar-refractivity contribution in [2.75, 3.05) is 40.6 Å². The van der Waals surface area contributed by atoms with E-state index in [-0.39, 0.29) is 6.04 Å². The minimum Gasteiger partial charge on any atom is -0.494 e. The van der Waals surface area contributed by atoms with E-state index >= 15 is 0 Å². The molecule has 4 heteroatoms. The predicted molar refractivity (Wildman–Crippen MR) is 81.3 cm³/mol. The summed E-state index contributed by atoms with van der Waals surface area (Å²) >= 11 is 0. The number of methoxy groups -OCH3 is 1. The fourth-order valence-electron chi connectivity index (χ4n) is 1.87. The molecule has 0 spiro atoms. The molecule has 0 amide bonds. The van der Waals surface area contributed by atoms with Crippen LogP contribution in [0, 0.1) is 0 Å². The zero-order valence-corrected chi connectivity index (χ0v) is 12.9. The van der Waals surface area contributed by atoms with E-state index in [1.54, 1.807) is 7.11 Å². The van der Waals surface area contributed by atoms with E-state index in [1.807, 2.05) is 19.2 Å². The maximum atomic E-state index is 5.66. The molecule has 1 atom stereocenters. The fourth-order valence-corrected chi connectivity index (χ4v) is 1.87. The van der Waals surface area contributed by atoms with Crippen LogP contribution in [0.25, 0.3) is 0 Å². The summed E-state index contributed by atoms with van der Waals surface area (Å²) in [7, 11) is 3.66. The highest BCUT2D eigenvalue weighted by Gasteiger charge is 2.09. The highest BCUT2D eigenvalue weighted by Crippen LogP contribution is 2.18. The van der Waals surface area contributed by atoms with Crippen LogP contribution >= 0.6 is 0 Å². The molecule has 0 fully saturated rings. The van der Waals surface area contributed by atoms with Gasteiger partial charge in [0.05, 0.1) is 19.3 Å². The maximum absolute atomic E-state index is 5.66. The summed E-state index contributed by atoms with van der Waals surface area (Å²) in [4.78, 5) is 0. The Labute approximate surface area is 122 Å². The zero-order valence-electron chi connectivity index (χ0n) is 12.9. The number of hydrogen-bond donors (Lipinski definition) is 1. The van der Waals surface area contributed by atoms with Crippen molar-refractivity contribution in [3.63, 3.8) is 0 Å².